The summed E-state index contributed by atoms with van der Waals surface area (Å²) in [5.41, 5.74) is 0.420. The Morgan fingerprint density at radius 2 is 1.87 bits per heavy atom. The number of carbonyl (C=O) groups is 1. The van der Waals surface area contributed by atoms with Gasteiger partial charge < -0.3 is 5.32 Å². The van der Waals surface area contributed by atoms with Crippen LogP contribution in [-0.2, 0) is 12.7 Å². The van der Waals surface area contributed by atoms with E-state index in [1.807, 2.05) is 0 Å². The molecule has 0 aliphatic heterocycles. The third-order valence-corrected chi connectivity index (χ3v) is 4.64. The molecule has 31 heavy (non-hydrogen) atoms. The molecule has 0 bridgehead atoms. The van der Waals surface area contributed by atoms with Gasteiger partial charge in [0.15, 0.2) is 0 Å². The summed E-state index contributed by atoms with van der Waals surface area (Å²) in [6, 6.07) is 10.1. The molecule has 4 rings (SSSR count). The summed E-state index contributed by atoms with van der Waals surface area (Å²) in [7, 11) is 0. The first-order chi connectivity index (χ1) is 14.7. The summed E-state index contributed by atoms with van der Waals surface area (Å²) in [6.45, 7) is -0.142. The van der Waals surface area contributed by atoms with E-state index in [0.717, 1.165) is 12.1 Å². The predicted octanol–water partition coefficient (Wildman–Crippen LogP) is 3.64. The van der Waals surface area contributed by atoms with Gasteiger partial charge in [-0.3, -0.25) is 10.0 Å². The molecule has 4 aromatic rings. The molecule has 0 atom stereocenters. The molecular weight excluding hydrogens is 416 g/mol. The van der Waals surface area contributed by atoms with Gasteiger partial charge >= 0.3 is 6.18 Å². The molecule has 6 nitrogen and oxygen atoms in total. The first-order valence-corrected chi connectivity index (χ1v) is 9.05. The summed E-state index contributed by atoms with van der Waals surface area (Å²) in [5, 5.41) is 17.2. The minimum atomic E-state index is -4.48. The SMILES string of the molecule is O=C(NCc1cccc(C(F)(F)F)c1)c1c[n+](O)cc2c1cnn2-c1ccc(F)cc1. The van der Waals surface area contributed by atoms with Gasteiger partial charge in [0.1, 0.15) is 16.9 Å². The smallest absolute Gasteiger partial charge is 0.348 e. The topological polar surface area (TPSA) is 71.0 Å². The van der Waals surface area contributed by atoms with E-state index in [1.54, 1.807) is 0 Å². The largest absolute Gasteiger partial charge is 0.416 e. The monoisotopic (exact) mass is 431 g/mol. The lowest BCUT2D eigenvalue weighted by Gasteiger charge is -2.09. The molecule has 2 N–H and O–H groups in total. The van der Waals surface area contributed by atoms with Crippen LogP contribution in [0.25, 0.3) is 16.6 Å². The molecular formula is C21H15F4N4O2+. The molecule has 0 spiro atoms. The number of halogens is 4. The van der Waals surface area contributed by atoms with E-state index in [-0.39, 0.29) is 17.7 Å². The predicted molar refractivity (Wildman–Crippen MR) is 101 cm³/mol. The van der Waals surface area contributed by atoms with Crippen LogP contribution < -0.4 is 10.0 Å². The highest BCUT2D eigenvalue weighted by Crippen LogP contribution is 2.29. The summed E-state index contributed by atoms with van der Waals surface area (Å²) in [6.07, 6.45) is -0.573. The maximum Gasteiger partial charge on any atom is 0.416 e. The molecule has 0 unspecified atom stereocenters. The van der Waals surface area contributed by atoms with E-state index in [0.29, 0.717) is 21.3 Å². The number of alkyl halides is 3. The van der Waals surface area contributed by atoms with E-state index in [4.69, 9.17) is 0 Å². The number of pyridine rings is 1. The quantitative estimate of drug-likeness (QED) is 0.295. The van der Waals surface area contributed by atoms with Crippen molar-refractivity contribution in [3.05, 3.63) is 89.6 Å². The molecule has 2 aromatic carbocycles. The van der Waals surface area contributed by atoms with Crippen molar-refractivity contribution in [1.82, 2.24) is 15.1 Å². The molecule has 10 heteroatoms. The van der Waals surface area contributed by atoms with Crippen molar-refractivity contribution in [3.8, 4) is 5.69 Å². The number of rotatable bonds is 4. The number of carbonyl (C=O) groups excluding carboxylic acids is 1. The molecule has 1 amide bonds. The van der Waals surface area contributed by atoms with Crippen molar-refractivity contribution in [2.24, 2.45) is 0 Å². The zero-order valence-electron chi connectivity index (χ0n) is 15.8. The maximum absolute atomic E-state index is 13.2. The first kappa shape index (κ1) is 20.3. The maximum atomic E-state index is 13.2. The highest BCUT2D eigenvalue weighted by Gasteiger charge is 2.30. The minimum absolute atomic E-state index is 0.0698. The number of benzene rings is 2. The van der Waals surface area contributed by atoms with Crippen LogP contribution in [0.5, 0.6) is 0 Å². The second-order valence-corrected chi connectivity index (χ2v) is 6.76. The third-order valence-electron chi connectivity index (χ3n) is 4.64. The Morgan fingerprint density at radius 3 is 2.58 bits per heavy atom. The van der Waals surface area contributed by atoms with Crippen molar-refractivity contribution in [2.45, 2.75) is 12.7 Å². The van der Waals surface area contributed by atoms with Crippen LogP contribution in [0.1, 0.15) is 21.5 Å². The van der Waals surface area contributed by atoms with Crippen LogP contribution in [0.4, 0.5) is 17.6 Å². The minimum Gasteiger partial charge on any atom is -0.348 e. The average molecular weight is 431 g/mol. The van der Waals surface area contributed by atoms with E-state index in [1.165, 1.54) is 59.7 Å². The van der Waals surface area contributed by atoms with Gasteiger partial charge in [-0.2, -0.15) is 18.3 Å². The second kappa shape index (κ2) is 7.71. The Hall–Kier alpha value is -3.95. The number of nitrogens with zero attached hydrogens (tertiary/aromatic N) is 3. The van der Waals surface area contributed by atoms with E-state index >= 15 is 0 Å². The van der Waals surface area contributed by atoms with Crippen molar-refractivity contribution in [3.63, 3.8) is 0 Å². The highest BCUT2D eigenvalue weighted by molar-refractivity contribution is 6.05. The van der Waals surface area contributed by atoms with Crippen LogP contribution in [0.3, 0.4) is 0 Å². The van der Waals surface area contributed by atoms with Crippen LogP contribution in [0.2, 0.25) is 0 Å². The third kappa shape index (κ3) is 4.18. The Labute approximate surface area is 172 Å². The van der Waals surface area contributed by atoms with Crippen LogP contribution in [0, 0.1) is 5.82 Å². The van der Waals surface area contributed by atoms with Gasteiger partial charge in [0.05, 0.1) is 17.4 Å². The lowest BCUT2D eigenvalue weighted by molar-refractivity contribution is -0.904. The molecule has 0 aliphatic carbocycles. The molecule has 2 aromatic heterocycles. The zero-order chi connectivity index (χ0) is 22.2. The van der Waals surface area contributed by atoms with Gasteiger partial charge in [-0.1, -0.05) is 12.1 Å². The van der Waals surface area contributed by atoms with Crippen molar-refractivity contribution in [1.29, 1.82) is 0 Å². The normalized spacial score (nSPS) is 11.6. The fourth-order valence-corrected chi connectivity index (χ4v) is 3.16. The molecule has 0 fully saturated rings. The van der Waals surface area contributed by atoms with Gasteiger partial charge in [0.2, 0.25) is 12.4 Å². The number of nitrogens with one attached hydrogen (secondary N) is 1. The Morgan fingerprint density at radius 1 is 1.13 bits per heavy atom. The van der Waals surface area contributed by atoms with Gasteiger partial charge in [0, 0.05) is 16.7 Å². The standard InChI is InChI=1S/C21H14F4N4O2/c22-15-4-6-16(7-5-15)29-19-12-28(31)11-18(17(19)10-27-29)20(30)26-9-13-2-1-3-14(8-13)21(23,24)25/h1-8,10-12H,9H2,(H-,26,27,30,31)/p+1. The van der Waals surface area contributed by atoms with Crippen LogP contribution in [-0.4, -0.2) is 20.9 Å². The summed E-state index contributed by atoms with van der Waals surface area (Å²) in [4.78, 5) is 12.7. The summed E-state index contributed by atoms with van der Waals surface area (Å²) in [5.74, 6) is -1.03. The molecule has 0 aliphatic rings. The fourth-order valence-electron chi connectivity index (χ4n) is 3.16. The van der Waals surface area contributed by atoms with Crippen molar-refractivity contribution >= 4 is 16.8 Å². The Bertz CT molecular complexity index is 1270. The molecule has 158 valence electrons. The van der Waals surface area contributed by atoms with Crippen molar-refractivity contribution < 1.29 is 32.3 Å². The second-order valence-electron chi connectivity index (χ2n) is 6.76. The lowest BCUT2D eigenvalue weighted by atomic mass is 10.1. The number of aromatic nitrogens is 3. The van der Waals surface area contributed by atoms with E-state index < -0.39 is 23.5 Å². The average Bonchev–Trinajstić information content (AvgIpc) is 3.15. The van der Waals surface area contributed by atoms with Gasteiger partial charge in [-0.25, -0.2) is 9.07 Å². The fraction of sp³-hybridized carbons (Fsp3) is 0.0952. The van der Waals surface area contributed by atoms with Crippen LogP contribution in [0.15, 0.2) is 67.1 Å². The first-order valence-electron chi connectivity index (χ1n) is 9.05. The van der Waals surface area contributed by atoms with Crippen LogP contribution >= 0.6 is 0 Å². The van der Waals surface area contributed by atoms with Gasteiger partial charge in [0.25, 0.3) is 5.91 Å². The number of fused-ring (bicyclic) bond motifs is 1. The number of amides is 1. The van der Waals surface area contributed by atoms with Gasteiger partial charge in [-0.15, -0.1) is 0 Å². The lowest BCUT2D eigenvalue weighted by Crippen LogP contribution is -2.33. The number of hydrogen-bond acceptors (Lipinski definition) is 3. The molecule has 0 saturated heterocycles. The molecule has 0 saturated carbocycles. The number of hydrogen-bond donors (Lipinski definition) is 2. The summed E-state index contributed by atoms with van der Waals surface area (Å²) >= 11 is 0. The summed E-state index contributed by atoms with van der Waals surface area (Å²) < 4.78 is 53.9. The van der Waals surface area contributed by atoms with E-state index in [9.17, 15) is 27.6 Å². The molecule has 2 heterocycles. The Kier molecular flexibility index (Phi) is 5.05. The molecule has 0 radical (unpaired) electrons. The van der Waals surface area contributed by atoms with E-state index in [2.05, 4.69) is 10.4 Å². The Balaban J connectivity index is 1.62. The van der Waals surface area contributed by atoms with Gasteiger partial charge in [-0.05, 0) is 42.0 Å². The highest BCUT2D eigenvalue weighted by atomic mass is 19.4. The van der Waals surface area contributed by atoms with Crippen molar-refractivity contribution in [2.75, 3.05) is 0 Å². The zero-order valence-corrected chi connectivity index (χ0v) is 15.8.